The maximum atomic E-state index is 12.8. The van der Waals surface area contributed by atoms with E-state index in [1.807, 2.05) is 52.9 Å². The molecule has 130 valence electrons. The minimum absolute atomic E-state index is 0.0306. The van der Waals surface area contributed by atoms with E-state index in [1.54, 1.807) is 4.68 Å². The van der Waals surface area contributed by atoms with E-state index in [-0.39, 0.29) is 12.5 Å². The fourth-order valence-electron chi connectivity index (χ4n) is 3.53. The quantitative estimate of drug-likeness (QED) is 0.547. The molecule has 8 nitrogen and oxygen atoms in total. The van der Waals surface area contributed by atoms with Crippen molar-refractivity contribution in [1.29, 1.82) is 0 Å². The molecule has 0 atom stereocenters. The topological polar surface area (TPSA) is 81.2 Å². The number of hydrogen-bond acceptors (Lipinski definition) is 5. The molecule has 0 aliphatic carbocycles. The molecule has 1 aliphatic heterocycles. The van der Waals surface area contributed by atoms with Gasteiger partial charge in [0.05, 0.1) is 16.9 Å². The molecule has 0 saturated heterocycles. The van der Waals surface area contributed by atoms with Gasteiger partial charge in [0.15, 0.2) is 5.65 Å². The molecule has 0 saturated carbocycles. The zero-order chi connectivity index (χ0) is 17.7. The number of rotatable bonds is 2. The lowest BCUT2D eigenvalue weighted by atomic mass is 10.1. The van der Waals surface area contributed by atoms with Gasteiger partial charge in [0.1, 0.15) is 12.1 Å². The molecule has 8 heteroatoms. The molecule has 5 rings (SSSR count). The Morgan fingerprint density at radius 1 is 1.27 bits per heavy atom. The molecule has 0 unspecified atom stereocenters. The second kappa shape index (κ2) is 5.62. The van der Waals surface area contributed by atoms with Crippen molar-refractivity contribution >= 4 is 22.6 Å². The number of fused-ring (bicyclic) bond motifs is 4. The summed E-state index contributed by atoms with van der Waals surface area (Å²) in [5.74, 6) is 0.0306. The predicted octanol–water partition coefficient (Wildman–Crippen LogP) is 1.37. The Morgan fingerprint density at radius 3 is 3.08 bits per heavy atom. The van der Waals surface area contributed by atoms with Gasteiger partial charge < -0.3 is 4.90 Å². The number of aryl methyl sites for hydroxylation is 1. The van der Waals surface area contributed by atoms with Crippen molar-refractivity contribution in [2.75, 3.05) is 6.54 Å². The molecule has 0 bridgehead atoms. The molecule has 26 heavy (non-hydrogen) atoms. The third-order valence-corrected chi connectivity index (χ3v) is 4.83. The fraction of sp³-hybridized carbons (Fsp3) is 0.278. The van der Waals surface area contributed by atoms with Crippen LogP contribution in [0.3, 0.4) is 0 Å². The summed E-state index contributed by atoms with van der Waals surface area (Å²) in [6.45, 7) is 3.35. The Kier molecular flexibility index (Phi) is 3.24. The van der Waals surface area contributed by atoms with Crippen LogP contribution in [0.15, 0.2) is 36.5 Å². The summed E-state index contributed by atoms with van der Waals surface area (Å²) in [7, 11) is 0. The largest absolute Gasteiger partial charge is 0.336 e. The monoisotopic (exact) mass is 347 g/mol. The number of nitrogens with zero attached hydrogens (tertiary/aromatic N) is 7. The van der Waals surface area contributed by atoms with Gasteiger partial charge in [-0.05, 0) is 19.1 Å². The van der Waals surface area contributed by atoms with Crippen molar-refractivity contribution in [2.24, 2.45) is 0 Å². The van der Waals surface area contributed by atoms with Crippen LogP contribution >= 0.6 is 0 Å². The Balaban J connectivity index is 1.40. The molecule has 1 aliphatic rings. The van der Waals surface area contributed by atoms with Gasteiger partial charge in [-0.15, -0.1) is 5.10 Å². The van der Waals surface area contributed by atoms with Crippen LogP contribution in [0.2, 0.25) is 0 Å². The fourth-order valence-corrected chi connectivity index (χ4v) is 3.53. The van der Waals surface area contributed by atoms with Crippen LogP contribution in [0.5, 0.6) is 0 Å². The van der Waals surface area contributed by atoms with E-state index in [0.29, 0.717) is 13.1 Å². The van der Waals surface area contributed by atoms with Gasteiger partial charge in [0, 0.05) is 37.3 Å². The third kappa shape index (κ3) is 2.33. The van der Waals surface area contributed by atoms with Gasteiger partial charge in [-0.2, -0.15) is 5.10 Å². The molecule has 3 aromatic heterocycles. The van der Waals surface area contributed by atoms with E-state index in [0.717, 1.165) is 40.1 Å². The molecule has 0 N–H and O–H groups in total. The molecule has 4 aromatic rings. The highest BCUT2D eigenvalue weighted by atomic mass is 16.2. The Labute approximate surface area is 149 Å². The lowest BCUT2D eigenvalue weighted by Crippen LogP contribution is -2.39. The summed E-state index contributed by atoms with van der Waals surface area (Å²) in [5.41, 5.74) is 5.65. The van der Waals surface area contributed by atoms with Crippen LogP contribution in [0.1, 0.15) is 17.0 Å². The van der Waals surface area contributed by atoms with Crippen LogP contribution in [0.25, 0.3) is 16.7 Å². The minimum atomic E-state index is 0.0306. The van der Waals surface area contributed by atoms with E-state index in [1.165, 1.54) is 0 Å². The molecule has 4 heterocycles. The molecular weight excluding hydrogens is 330 g/mol. The zero-order valence-corrected chi connectivity index (χ0v) is 14.3. The third-order valence-electron chi connectivity index (χ3n) is 4.83. The first-order chi connectivity index (χ1) is 12.7. The van der Waals surface area contributed by atoms with Gasteiger partial charge >= 0.3 is 0 Å². The smallest absolute Gasteiger partial charge is 0.244 e. The minimum Gasteiger partial charge on any atom is -0.336 e. The van der Waals surface area contributed by atoms with E-state index >= 15 is 0 Å². The zero-order valence-electron chi connectivity index (χ0n) is 14.3. The highest BCUT2D eigenvalue weighted by molar-refractivity contribution is 5.80. The Bertz CT molecular complexity index is 1140. The van der Waals surface area contributed by atoms with Crippen LogP contribution < -0.4 is 0 Å². The van der Waals surface area contributed by atoms with Gasteiger partial charge in [-0.1, -0.05) is 17.3 Å². The number of carbonyl (C=O) groups excluding carboxylic acids is 1. The van der Waals surface area contributed by atoms with Crippen LogP contribution in [-0.2, 0) is 24.3 Å². The summed E-state index contributed by atoms with van der Waals surface area (Å²) in [6, 6.07) is 9.62. The molecule has 0 fully saturated rings. The second-order valence-electron chi connectivity index (χ2n) is 6.59. The maximum Gasteiger partial charge on any atom is 0.244 e. The van der Waals surface area contributed by atoms with Gasteiger partial charge in [0.2, 0.25) is 5.91 Å². The number of hydrogen-bond donors (Lipinski definition) is 0. The summed E-state index contributed by atoms with van der Waals surface area (Å²) in [4.78, 5) is 19.1. The number of para-hydroxylation sites is 1. The summed E-state index contributed by atoms with van der Waals surface area (Å²) in [5, 5.41) is 12.7. The van der Waals surface area contributed by atoms with Crippen molar-refractivity contribution in [2.45, 2.75) is 26.4 Å². The van der Waals surface area contributed by atoms with E-state index in [9.17, 15) is 4.79 Å². The predicted molar refractivity (Wildman–Crippen MR) is 94.4 cm³/mol. The molecule has 0 spiro atoms. The Hall–Kier alpha value is -3.29. The highest BCUT2D eigenvalue weighted by Gasteiger charge is 2.24. The number of amides is 1. The lowest BCUT2D eigenvalue weighted by molar-refractivity contribution is -0.132. The van der Waals surface area contributed by atoms with Crippen molar-refractivity contribution in [3.8, 4) is 0 Å². The van der Waals surface area contributed by atoms with Gasteiger partial charge in [0.25, 0.3) is 0 Å². The Morgan fingerprint density at radius 2 is 2.15 bits per heavy atom. The van der Waals surface area contributed by atoms with Crippen molar-refractivity contribution < 1.29 is 4.79 Å². The van der Waals surface area contributed by atoms with Crippen molar-refractivity contribution in [1.82, 2.24) is 34.5 Å². The van der Waals surface area contributed by atoms with Gasteiger partial charge in [-0.3, -0.25) is 4.79 Å². The van der Waals surface area contributed by atoms with Gasteiger partial charge in [-0.25, -0.2) is 14.2 Å². The number of aromatic nitrogens is 6. The normalized spacial score (nSPS) is 14.1. The van der Waals surface area contributed by atoms with E-state index in [4.69, 9.17) is 0 Å². The van der Waals surface area contributed by atoms with Crippen LogP contribution in [-0.4, -0.2) is 46.9 Å². The highest BCUT2D eigenvalue weighted by Crippen LogP contribution is 2.20. The summed E-state index contributed by atoms with van der Waals surface area (Å²) < 4.78 is 3.56. The van der Waals surface area contributed by atoms with Crippen LogP contribution in [0, 0.1) is 6.92 Å². The molecular formula is C18H17N7O. The lowest BCUT2D eigenvalue weighted by Gasteiger charge is -2.28. The van der Waals surface area contributed by atoms with Crippen molar-refractivity contribution in [3.63, 3.8) is 0 Å². The molecule has 1 amide bonds. The van der Waals surface area contributed by atoms with E-state index in [2.05, 4.69) is 20.4 Å². The van der Waals surface area contributed by atoms with E-state index < -0.39 is 0 Å². The average molecular weight is 347 g/mol. The maximum absolute atomic E-state index is 12.8. The number of benzene rings is 1. The molecule has 0 radical (unpaired) electrons. The standard InChI is InChI=1S/C18H17N7O/c1-12-8-17-19-9-13-10-23(7-6-15(13)25(17)21-12)18(26)11-24-16-5-3-2-4-14(16)20-22-24/h2-5,8-9H,6-7,10-11H2,1H3. The second-order valence-corrected chi connectivity index (χ2v) is 6.59. The summed E-state index contributed by atoms with van der Waals surface area (Å²) >= 11 is 0. The average Bonchev–Trinajstić information content (AvgIpc) is 3.24. The number of carbonyl (C=O) groups is 1. The van der Waals surface area contributed by atoms with Crippen LogP contribution in [0.4, 0.5) is 0 Å². The van der Waals surface area contributed by atoms with Crippen molar-refractivity contribution in [3.05, 3.63) is 53.5 Å². The first-order valence-corrected chi connectivity index (χ1v) is 8.58. The first kappa shape index (κ1) is 15.0. The SMILES string of the molecule is Cc1cc2ncc3c(n2n1)CCN(C(=O)Cn1nnc2ccccc21)C3. The first-order valence-electron chi connectivity index (χ1n) is 8.58. The summed E-state index contributed by atoms with van der Waals surface area (Å²) in [6.07, 6.45) is 2.62. The molecule has 1 aromatic carbocycles.